The number of hydrogen-bond acceptors (Lipinski definition) is 5. The molecule has 1 aliphatic rings. The van der Waals surface area contributed by atoms with Gasteiger partial charge in [-0.2, -0.15) is 4.98 Å². The van der Waals surface area contributed by atoms with Gasteiger partial charge in [0.05, 0.1) is 16.1 Å². The van der Waals surface area contributed by atoms with Gasteiger partial charge in [0.1, 0.15) is 11.0 Å². The van der Waals surface area contributed by atoms with E-state index in [1.165, 1.54) is 9.47 Å². The van der Waals surface area contributed by atoms with Gasteiger partial charge in [0.2, 0.25) is 0 Å². The zero-order valence-corrected chi connectivity index (χ0v) is 20.4. The van der Waals surface area contributed by atoms with Crippen LogP contribution < -0.4 is 10.6 Å². The van der Waals surface area contributed by atoms with Gasteiger partial charge >= 0.3 is 11.8 Å². The Labute approximate surface area is 201 Å². The van der Waals surface area contributed by atoms with Gasteiger partial charge in [-0.1, -0.05) is 62.2 Å². The minimum atomic E-state index is -0.968. The molecule has 1 amide bonds. The van der Waals surface area contributed by atoms with Crippen molar-refractivity contribution in [2.75, 3.05) is 24.5 Å². The van der Waals surface area contributed by atoms with Gasteiger partial charge in [0, 0.05) is 25.7 Å². The average Bonchev–Trinajstić information content (AvgIpc) is 2.74. The molecular weight excluding hydrogens is 465 g/mol. The molecule has 0 bridgehead atoms. The fourth-order valence-electron chi connectivity index (χ4n) is 4.27. The maximum absolute atomic E-state index is 13.5. The lowest BCUT2D eigenvalue weighted by Crippen LogP contribution is -2.54. The lowest BCUT2D eigenvalue weighted by atomic mass is 9.85. The van der Waals surface area contributed by atoms with E-state index in [0.29, 0.717) is 42.2 Å². The maximum Gasteiger partial charge on any atom is 0.407 e. The van der Waals surface area contributed by atoms with Gasteiger partial charge in [-0.15, -0.1) is 0 Å². The van der Waals surface area contributed by atoms with Gasteiger partial charge < -0.3 is 14.9 Å². The second-order valence-electron chi connectivity index (χ2n) is 9.22. The molecule has 3 aromatic rings. The highest BCUT2D eigenvalue weighted by Crippen LogP contribution is 2.34. The Bertz CT molecular complexity index is 1300. The summed E-state index contributed by atoms with van der Waals surface area (Å²) in [6.07, 6.45) is -0.968. The van der Waals surface area contributed by atoms with Crippen LogP contribution in [0.2, 0.25) is 10.2 Å². The zero-order valence-electron chi connectivity index (χ0n) is 18.8. The van der Waals surface area contributed by atoms with Crippen LogP contribution in [-0.2, 0) is 5.41 Å². The molecule has 1 unspecified atom stereocenters. The molecule has 1 atom stereocenters. The molecule has 1 aliphatic heterocycles. The summed E-state index contributed by atoms with van der Waals surface area (Å²) in [5, 5.41) is 10.3. The van der Waals surface area contributed by atoms with Crippen molar-refractivity contribution < 1.29 is 9.90 Å². The Morgan fingerprint density at radius 1 is 1.15 bits per heavy atom. The number of benzene rings is 1. The first-order valence-corrected chi connectivity index (χ1v) is 11.4. The van der Waals surface area contributed by atoms with E-state index in [4.69, 9.17) is 23.2 Å². The van der Waals surface area contributed by atoms with E-state index < -0.39 is 11.8 Å². The topological polar surface area (TPSA) is 91.6 Å². The van der Waals surface area contributed by atoms with E-state index in [0.717, 1.165) is 5.56 Å². The lowest BCUT2D eigenvalue weighted by molar-refractivity contribution is 0.136. The third-order valence-corrected chi connectivity index (χ3v) is 6.55. The minimum absolute atomic E-state index is 0.0893. The zero-order chi connectivity index (χ0) is 24.1. The Morgan fingerprint density at radius 3 is 2.48 bits per heavy atom. The molecule has 1 aromatic carbocycles. The number of para-hydroxylation sites is 1. The molecule has 1 saturated heterocycles. The Balaban J connectivity index is 1.98. The largest absolute Gasteiger partial charge is 0.465 e. The number of fused-ring (bicyclic) bond motifs is 1. The van der Waals surface area contributed by atoms with Crippen LogP contribution in [0.3, 0.4) is 0 Å². The predicted molar refractivity (Wildman–Crippen MR) is 130 cm³/mol. The predicted octanol–water partition coefficient (Wildman–Crippen LogP) is 4.57. The van der Waals surface area contributed by atoms with Crippen LogP contribution in [0.5, 0.6) is 0 Å². The number of piperazine rings is 1. The quantitative estimate of drug-likeness (QED) is 0.529. The molecule has 2 aromatic heterocycles. The highest BCUT2D eigenvalue weighted by molar-refractivity contribution is 6.41. The Hall–Kier alpha value is -2.84. The number of hydrogen-bond donors (Lipinski definition) is 1. The van der Waals surface area contributed by atoms with E-state index in [-0.39, 0.29) is 21.6 Å². The van der Waals surface area contributed by atoms with Crippen LogP contribution in [0.4, 0.5) is 10.6 Å². The van der Waals surface area contributed by atoms with Gasteiger partial charge in [-0.05, 0) is 30.0 Å². The highest BCUT2D eigenvalue weighted by atomic mass is 35.5. The second kappa shape index (κ2) is 8.50. The van der Waals surface area contributed by atoms with E-state index >= 15 is 0 Å². The van der Waals surface area contributed by atoms with E-state index in [2.05, 4.69) is 30.7 Å². The number of carboxylic acid groups (broad SMARTS) is 1. The first-order chi connectivity index (χ1) is 15.5. The highest BCUT2D eigenvalue weighted by Gasteiger charge is 2.30. The van der Waals surface area contributed by atoms with Crippen LogP contribution in [-0.4, -0.2) is 56.3 Å². The number of anilines is 1. The SMILES string of the molecule is CC1CN(C(=O)O)CCN1c1nc(=O)n(-c2ccccc2C(C)(C)C)c2nc(Cl)c(Cl)cc12. The van der Waals surface area contributed by atoms with Crippen molar-refractivity contribution in [3.05, 3.63) is 56.6 Å². The summed E-state index contributed by atoms with van der Waals surface area (Å²) < 4.78 is 1.47. The van der Waals surface area contributed by atoms with Crippen molar-refractivity contribution in [2.45, 2.75) is 39.2 Å². The molecule has 8 nitrogen and oxygen atoms in total. The van der Waals surface area contributed by atoms with Crippen LogP contribution in [0, 0.1) is 0 Å². The number of pyridine rings is 1. The van der Waals surface area contributed by atoms with Crippen LogP contribution >= 0.6 is 23.2 Å². The molecule has 4 rings (SSSR count). The lowest BCUT2D eigenvalue weighted by Gasteiger charge is -2.39. The second-order valence-corrected chi connectivity index (χ2v) is 9.99. The van der Waals surface area contributed by atoms with Crippen molar-refractivity contribution in [3.63, 3.8) is 0 Å². The molecule has 10 heteroatoms. The fraction of sp³-hybridized carbons (Fsp3) is 0.391. The van der Waals surface area contributed by atoms with Gasteiger partial charge in [-0.25, -0.2) is 19.1 Å². The Kier molecular flexibility index (Phi) is 6.01. The summed E-state index contributed by atoms with van der Waals surface area (Å²) in [6, 6.07) is 9.10. The summed E-state index contributed by atoms with van der Waals surface area (Å²) in [4.78, 5) is 37.1. The number of amides is 1. The molecule has 0 aliphatic carbocycles. The molecule has 0 spiro atoms. The summed E-state index contributed by atoms with van der Waals surface area (Å²) in [5.41, 5.74) is 1.25. The smallest absolute Gasteiger partial charge is 0.407 e. The van der Waals surface area contributed by atoms with E-state index in [1.807, 2.05) is 36.1 Å². The number of halogens is 2. The molecule has 1 N–H and O–H groups in total. The third-order valence-electron chi connectivity index (χ3n) is 5.88. The molecule has 1 fully saturated rings. The van der Waals surface area contributed by atoms with Crippen molar-refractivity contribution in [3.8, 4) is 5.69 Å². The number of nitrogens with zero attached hydrogens (tertiary/aromatic N) is 5. The standard InChI is InChI=1S/C23H25Cl2N5O3/c1-13-12-28(22(32)33)9-10-29(13)19-14-11-16(24)18(25)26-20(14)30(21(31)27-19)17-8-6-5-7-15(17)23(2,3)4/h5-8,11,13H,9-10,12H2,1-4H3,(H,32,33). The van der Waals surface area contributed by atoms with Gasteiger partial charge in [0.15, 0.2) is 5.65 Å². The summed E-state index contributed by atoms with van der Waals surface area (Å²) >= 11 is 12.6. The van der Waals surface area contributed by atoms with E-state index in [9.17, 15) is 14.7 Å². The van der Waals surface area contributed by atoms with Crippen molar-refractivity contribution in [2.24, 2.45) is 0 Å². The first-order valence-electron chi connectivity index (χ1n) is 10.6. The molecule has 0 saturated carbocycles. The molecule has 3 heterocycles. The molecule has 0 radical (unpaired) electrons. The summed E-state index contributed by atoms with van der Waals surface area (Å²) in [7, 11) is 0. The Morgan fingerprint density at radius 2 is 1.85 bits per heavy atom. The number of carbonyl (C=O) groups is 1. The molecular formula is C23H25Cl2N5O3. The monoisotopic (exact) mass is 489 g/mol. The van der Waals surface area contributed by atoms with Gasteiger partial charge in [0.25, 0.3) is 0 Å². The minimum Gasteiger partial charge on any atom is -0.465 e. The summed E-state index contributed by atoms with van der Waals surface area (Å²) in [5.74, 6) is 0.420. The molecule has 174 valence electrons. The van der Waals surface area contributed by atoms with Crippen LogP contribution in [0.15, 0.2) is 35.1 Å². The summed E-state index contributed by atoms with van der Waals surface area (Å²) in [6.45, 7) is 9.09. The van der Waals surface area contributed by atoms with Gasteiger partial charge in [-0.3, -0.25) is 0 Å². The average molecular weight is 490 g/mol. The molecule has 33 heavy (non-hydrogen) atoms. The number of rotatable bonds is 2. The van der Waals surface area contributed by atoms with Crippen molar-refractivity contribution in [1.82, 2.24) is 19.4 Å². The number of aromatic nitrogens is 3. The van der Waals surface area contributed by atoms with Crippen LogP contribution in [0.25, 0.3) is 16.7 Å². The normalized spacial score (nSPS) is 17.0. The maximum atomic E-state index is 13.5. The fourth-order valence-corrected chi connectivity index (χ4v) is 4.55. The van der Waals surface area contributed by atoms with Crippen molar-refractivity contribution in [1.29, 1.82) is 0 Å². The van der Waals surface area contributed by atoms with E-state index in [1.54, 1.807) is 6.07 Å². The van der Waals surface area contributed by atoms with Crippen LogP contribution in [0.1, 0.15) is 33.3 Å². The van der Waals surface area contributed by atoms with Crippen molar-refractivity contribution >= 4 is 46.1 Å². The first kappa shape index (κ1) is 23.3. The third kappa shape index (κ3) is 4.25.